The standard InChI is InChI=1S/C21H19N3O3S/c1-14-18(23-21(28-14)16-3-2-8-22-12-16)7-10-27-17-4-5-19-15(11-17)6-9-24(19)13-20(25)26/h2-6,8-9,11-12H,7,10,13H2,1H3,(H,25,26). The molecule has 3 aromatic heterocycles. The summed E-state index contributed by atoms with van der Waals surface area (Å²) in [6.45, 7) is 2.55. The lowest BCUT2D eigenvalue weighted by atomic mass is 10.2. The predicted molar refractivity (Wildman–Crippen MR) is 109 cm³/mol. The first kappa shape index (κ1) is 18.2. The average molecular weight is 393 g/mol. The van der Waals surface area contributed by atoms with Gasteiger partial charge in [0.1, 0.15) is 17.3 Å². The molecule has 0 fully saturated rings. The molecule has 0 spiro atoms. The van der Waals surface area contributed by atoms with Crippen LogP contribution in [0.3, 0.4) is 0 Å². The number of ether oxygens (including phenoxy) is 1. The minimum atomic E-state index is -0.859. The Kier molecular flexibility index (Phi) is 5.08. The molecule has 0 radical (unpaired) electrons. The van der Waals surface area contributed by atoms with Crippen LogP contribution in [0.2, 0.25) is 0 Å². The number of thiazole rings is 1. The van der Waals surface area contributed by atoms with Crippen LogP contribution in [-0.4, -0.2) is 32.2 Å². The SMILES string of the molecule is Cc1sc(-c2cccnc2)nc1CCOc1ccc2c(ccn2CC(=O)O)c1. The Morgan fingerprint density at radius 1 is 1.29 bits per heavy atom. The molecule has 0 aliphatic carbocycles. The van der Waals surface area contributed by atoms with Crippen molar-refractivity contribution in [3.05, 3.63) is 65.6 Å². The second kappa shape index (κ2) is 7.82. The fourth-order valence-corrected chi connectivity index (χ4v) is 4.04. The zero-order valence-corrected chi connectivity index (χ0v) is 16.1. The van der Waals surface area contributed by atoms with Gasteiger partial charge in [-0.05, 0) is 43.3 Å². The maximum absolute atomic E-state index is 10.9. The largest absolute Gasteiger partial charge is 0.493 e. The third-order valence-electron chi connectivity index (χ3n) is 4.46. The summed E-state index contributed by atoms with van der Waals surface area (Å²) >= 11 is 1.67. The van der Waals surface area contributed by atoms with Crippen molar-refractivity contribution in [3.8, 4) is 16.3 Å². The monoisotopic (exact) mass is 393 g/mol. The number of hydrogen-bond acceptors (Lipinski definition) is 5. The lowest BCUT2D eigenvalue weighted by Gasteiger charge is -2.07. The van der Waals surface area contributed by atoms with E-state index in [0.29, 0.717) is 6.61 Å². The Labute approximate surface area is 166 Å². The van der Waals surface area contributed by atoms with Crippen LogP contribution < -0.4 is 4.74 Å². The van der Waals surface area contributed by atoms with Crippen molar-refractivity contribution in [1.82, 2.24) is 14.5 Å². The van der Waals surface area contributed by atoms with Gasteiger partial charge in [0.25, 0.3) is 0 Å². The van der Waals surface area contributed by atoms with Crippen LogP contribution >= 0.6 is 11.3 Å². The summed E-state index contributed by atoms with van der Waals surface area (Å²) in [6, 6.07) is 11.5. The molecular weight excluding hydrogens is 374 g/mol. The molecule has 6 nitrogen and oxygen atoms in total. The maximum Gasteiger partial charge on any atom is 0.323 e. The van der Waals surface area contributed by atoms with Crippen molar-refractivity contribution in [2.24, 2.45) is 0 Å². The number of carbonyl (C=O) groups is 1. The Balaban J connectivity index is 1.41. The van der Waals surface area contributed by atoms with Crippen molar-refractivity contribution < 1.29 is 14.6 Å². The highest BCUT2D eigenvalue weighted by Gasteiger charge is 2.10. The third kappa shape index (κ3) is 3.89. The zero-order chi connectivity index (χ0) is 19.5. The molecule has 0 amide bonds. The Morgan fingerprint density at radius 3 is 2.96 bits per heavy atom. The van der Waals surface area contributed by atoms with Crippen LogP contribution in [0.25, 0.3) is 21.5 Å². The average Bonchev–Trinajstić information content (AvgIpc) is 3.26. The second-order valence-corrected chi connectivity index (χ2v) is 7.62. The summed E-state index contributed by atoms with van der Waals surface area (Å²) in [5, 5.41) is 10.9. The minimum absolute atomic E-state index is 0.0495. The molecule has 142 valence electrons. The van der Waals surface area contributed by atoms with E-state index >= 15 is 0 Å². The number of aryl methyl sites for hydroxylation is 1. The Morgan fingerprint density at radius 2 is 2.18 bits per heavy atom. The molecule has 0 atom stereocenters. The van der Waals surface area contributed by atoms with Gasteiger partial charge in [-0.1, -0.05) is 0 Å². The van der Waals surface area contributed by atoms with Crippen LogP contribution in [-0.2, 0) is 17.8 Å². The molecule has 0 aliphatic heterocycles. The van der Waals surface area contributed by atoms with E-state index in [1.54, 1.807) is 28.3 Å². The van der Waals surface area contributed by atoms with Crippen LogP contribution in [0.4, 0.5) is 0 Å². The smallest absolute Gasteiger partial charge is 0.323 e. The van der Waals surface area contributed by atoms with Crippen LogP contribution in [0.1, 0.15) is 10.6 Å². The molecule has 1 N–H and O–H groups in total. The number of rotatable bonds is 7. The highest BCUT2D eigenvalue weighted by molar-refractivity contribution is 7.15. The van der Waals surface area contributed by atoms with Crippen molar-refractivity contribution >= 4 is 28.2 Å². The molecule has 7 heteroatoms. The molecular formula is C21H19N3O3S. The van der Waals surface area contributed by atoms with Gasteiger partial charge < -0.3 is 14.4 Å². The van der Waals surface area contributed by atoms with Crippen LogP contribution in [0.5, 0.6) is 5.75 Å². The van der Waals surface area contributed by atoms with Gasteiger partial charge in [-0.15, -0.1) is 11.3 Å². The lowest BCUT2D eigenvalue weighted by Crippen LogP contribution is -2.07. The molecule has 0 unspecified atom stereocenters. The predicted octanol–water partition coefficient (Wildman–Crippen LogP) is 4.17. The van der Waals surface area contributed by atoms with E-state index in [1.807, 2.05) is 42.6 Å². The molecule has 0 saturated carbocycles. The number of carboxylic acid groups (broad SMARTS) is 1. The van der Waals surface area contributed by atoms with Gasteiger partial charge in [0.05, 0.1) is 12.3 Å². The number of nitrogens with zero attached hydrogens (tertiary/aromatic N) is 3. The second-order valence-electron chi connectivity index (χ2n) is 6.42. The van der Waals surface area contributed by atoms with Gasteiger partial charge >= 0.3 is 5.97 Å². The lowest BCUT2D eigenvalue weighted by molar-refractivity contribution is -0.137. The van der Waals surface area contributed by atoms with Crippen molar-refractivity contribution in [2.45, 2.75) is 19.9 Å². The minimum Gasteiger partial charge on any atom is -0.493 e. The molecule has 0 saturated heterocycles. The van der Waals surface area contributed by atoms with Gasteiger partial charge in [0.15, 0.2) is 0 Å². The number of fused-ring (bicyclic) bond motifs is 1. The normalized spacial score (nSPS) is 11.0. The Bertz CT molecular complexity index is 1120. The molecule has 1 aromatic carbocycles. The Hall–Kier alpha value is -3.19. The molecule has 4 aromatic rings. The molecule has 0 aliphatic rings. The zero-order valence-electron chi connectivity index (χ0n) is 15.3. The number of aliphatic carboxylic acids is 1. The van der Waals surface area contributed by atoms with Gasteiger partial charge in [0.2, 0.25) is 0 Å². The van der Waals surface area contributed by atoms with Crippen molar-refractivity contribution in [1.29, 1.82) is 0 Å². The van der Waals surface area contributed by atoms with Gasteiger partial charge in [-0.3, -0.25) is 9.78 Å². The van der Waals surface area contributed by atoms with E-state index in [4.69, 9.17) is 14.8 Å². The molecule has 4 rings (SSSR count). The van der Waals surface area contributed by atoms with Gasteiger partial charge in [0, 0.05) is 46.4 Å². The summed E-state index contributed by atoms with van der Waals surface area (Å²) < 4.78 is 7.61. The summed E-state index contributed by atoms with van der Waals surface area (Å²) in [7, 11) is 0. The quantitative estimate of drug-likeness (QED) is 0.510. The highest BCUT2D eigenvalue weighted by Crippen LogP contribution is 2.27. The molecule has 28 heavy (non-hydrogen) atoms. The fraction of sp³-hybridized carbons (Fsp3) is 0.190. The van der Waals surface area contributed by atoms with Gasteiger partial charge in [-0.2, -0.15) is 0 Å². The summed E-state index contributed by atoms with van der Waals surface area (Å²) in [5.41, 5.74) is 2.95. The number of pyridine rings is 1. The molecule has 0 bridgehead atoms. The van der Waals surface area contributed by atoms with Gasteiger partial charge in [-0.25, -0.2) is 4.98 Å². The van der Waals surface area contributed by atoms with E-state index in [-0.39, 0.29) is 6.54 Å². The van der Waals surface area contributed by atoms with E-state index in [0.717, 1.165) is 39.3 Å². The van der Waals surface area contributed by atoms with E-state index in [9.17, 15) is 4.79 Å². The molecule has 3 heterocycles. The van der Waals surface area contributed by atoms with E-state index in [2.05, 4.69) is 11.9 Å². The van der Waals surface area contributed by atoms with E-state index < -0.39 is 5.97 Å². The third-order valence-corrected chi connectivity index (χ3v) is 5.52. The van der Waals surface area contributed by atoms with Crippen molar-refractivity contribution in [3.63, 3.8) is 0 Å². The first-order valence-corrected chi connectivity index (χ1v) is 9.72. The topological polar surface area (TPSA) is 77.2 Å². The first-order valence-electron chi connectivity index (χ1n) is 8.90. The van der Waals surface area contributed by atoms with Crippen molar-refractivity contribution in [2.75, 3.05) is 6.61 Å². The fourth-order valence-electron chi connectivity index (χ4n) is 3.09. The maximum atomic E-state index is 10.9. The number of hydrogen-bond donors (Lipinski definition) is 1. The number of carboxylic acids is 1. The number of benzene rings is 1. The first-order chi connectivity index (χ1) is 13.6. The number of aromatic nitrogens is 3. The van der Waals surface area contributed by atoms with E-state index in [1.165, 1.54) is 4.88 Å². The summed E-state index contributed by atoms with van der Waals surface area (Å²) in [5.74, 6) is -0.0944. The summed E-state index contributed by atoms with van der Waals surface area (Å²) in [4.78, 5) is 21.0. The van der Waals surface area contributed by atoms with Crippen LogP contribution in [0, 0.1) is 6.92 Å². The summed E-state index contributed by atoms with van der Waals surface area (Å²) in [6.07, 6.45) is 6.08. The highest BCUT2D eigenvalue weighted by atomic mass is 32.1. The van der Waals surface area contributed by atoms with Crippen LogP contribution in [0.15, 0.2) is 55.0 Å².